The molecule has 4 N–H and O–H groups in total. The fraction of sp³-hybridized carbons (Fsp3) is 0.500. The summed E-state index contributed by atoms with van der Waals surface area (Å²) in [5, 5.41) is 7.63. The van der Waals surface area contributed by atoms with E-state index >= 15 is 0 Å². The summed E-state index contributed by atoms with van der Waals surface area (Å²) in [4.78, 5) is 0. The van der Waals surface area contributed by atoms with E-state index in [2.05, 4.69) is 11.6 Å². The van der Waals surface area contributed by atoms with Gasteiger partial charge in [-0.15, -0.1) is 0 Å². The molecule has 6 nitrogen and oxygen atoms in total. The maximum Gasteiger partial charge on any atom is 0.301 e. The van der Waals surface area contributed by atoms with Crippen LogP contribution in [0.3, 0.4) is 0 Å². The molecule has 0 spiro atoms. The highest BCUT2D eigenvalue weighted by molar-refractivity contribution is 7.90. The fourth-order valence-electron chi connectivity index (χ4n) is 2.54. The van der Waals surface area contributed by atoms with Crippen LogP contribution in [0.15, 0.2) is 18.2 Å². The number of piperidine rings is 1. The molecule has 7 heteroatoms. The molecule has 1 fully saturated rings. The van der Waals surface area contributed by atoms with Crippen molar-refractivity contribution in [3.05, 3.63) is 29.3 Å². The minimum atomic E-state index is -3.60. The van der Waals surface area contributed by atoms with Crippen molar-refractivity contribution in [1.82, 2.24) is 4.31 Å². The highest BCUT2D eigenvalue weighted by Gasteiger charge is 2.27. The quantitative estimate of drug-likeness (QED) is 0.582. The van der Waals surface area contributed by atoms with E-state index in [1.807, 2.05) is 0 Å². The van der Waals surface area contributed by atoms with Gasteiger partial charge in [0.05, 0.1) is 5.69 Å². The Morgan fingerprint density at radius 1 is 1.38 bits per heavy atom. The molecule has 2 rings (SSSR count). The number of nitrogens with one attached hydrogen (secondary N) is 2. The molecule has 0 aromatic heterocycles. The van der Waals surface area contributed by atoms with Crippen LogP contribution in [0.5, 0.6) is 0 Å². The van der Waals surface area contributed by atoms with Gasteiger partial charge in [0.1, 0.15) is 5.84 Å². The van der Waals surface area contributed by atoms with E-state index in [4.69, 9.17) is 11.1 Å². The molecule has 0 aliphatic carbocycles. The van der Waals surface area contributed by atoms with Crippen molar-refractivity contribution in [2.24, 2.45) is 11.7 Å². The van der Waals surface area contributed by atoms with E-state index < -0.39 is 10.2 Å². The fourth-order valence-corrected chi connectivity index (χ4v) is 3.81. The van der Waals surface area contributed by atoms with Gasteiger partial charge in [-0.25, -0.2) is 0 Å². The number of hydrogen-bond acceptors (Lipinski definition) is 3. The summed E-state index contributed by atoms with van der Waals surface area (Å²) >= 11 is 0. The number of amidine groups is 1. The Kier molecular flexibility index (Phi) is 4.53. The third-order valence-electron chi connectivity index (χ3n) is 3.86. The normalized spacial score (nSPS) is 17.6. The van der Waals surface area contributed by atoms with Gasteiger partial charge in [0.2, 0.25) is 0 Å². The van der Waals surface area contributed by atoms with Crippen molar-refractivity contribution in [2.45, 2.75) is 26.7 Å². The van der Waals surface area contributed by atoms with Gasteiger partial charge in [0.25, 0.3) is 0 Å². The van der Waals surface area contributed by atoms with Gasteiger partial charge < -0.3 is 5.73 Å². The number of nitrogens with zero attached hydrogens (tertiary/aromatic N) is 1. The lowest BCUT2D eigenvalue weighted by Gasteiger charge is -2.30. The van der Waals surface area contributed by atoms with E-state index in [1.165, 1.54) is 4.31 Å². The zero-order chi connectivity index (χ0) is 15.6. The van der Waals surface area contributed by atoms with Crippen LogP contribution in [-0.2, 0) is 10.2 Å². The van der Waals surface area contributed by atoms with Crippen molar-refractivity contribution in [2.75, 3.05) is 17.8 Å². The molecule has 0 unspecified atom stereocenters. The maximum atomic E-state index is 12.5. The zero-order valence-electron chi connectivity index (χ0n) is 12.4. The minimum Gasteiger partial charge on any atom is -0.384 e. The van der Waals surface area contributed by atoms with E-state index in [1.54, 1.807) is 25.1 Å². The van der Waals surface area contributed by atoms with Gasteiger partial charge >= 0.3 is 10.2 Å². The molecule has 1 saturated heterocycles. The van der Waals surface area contributed by atoms with Crippen molar-refractivity contribution in [3.8, 4) is 0 Å². The molecule has 1 aliphatic heterocycles. The molecular formula is C14H22N4O2S. The van der Waals surface area contributed by atoms with Crippen LogP contribution < -0.4 is 10.5 Å². The first kappa shape index (κ1) is 15.8. The lowest BCUT2D eigenvalue weighted by atomic mass is 10.0. The molecule has 0 bridgehead atoms. The van der Waals surface area contributed by atoms with E-state index in [-0.39, 0.29) is 5.84 Å². The predicted octanol–water partition coefficient (Wildman–Crippen LogP) is 1.67. The first-order chi connectivity index (χ1) is 9.81. The Morgan fingerprint density at radius 3 is 2.57 bits per heavy atom. The molecule has 0 saturated carbocycles. The van der Waals surface area contributed by atoms with Crippen molar-refractivity contribution in [1.29, 1.82) is 5.41 Å². The van der Waals surface area contributed by atoms with Crippen LogP contribution in [0.25, 0.3) is 0 Å². The molecule has 21 heavy (non-hydrogen) atoms. The number of benzene rings is 1. The van der Waals surface area contributed by atoms with Crippen LogP contribution in [0, 0.1) is 18.3 Å². The average molecular weight is 310 g/mol. The van der Waals surface area contributed by atoms with Crippen LogP contribution in [0.1, 0.15) is 30.9 Å². The number of nitrogens with two attached hydrogens (primary N) is 1. The molecular weight excluding hydrogens is 288 g/mol. The highest BCUT2D eigenvalue weighted by Crippen LogP contribution is 2.23. The van der Waals surface area contributed by atoms with Crippen LogP contribution in [0.2, 0.25) is 0 Å². The Morgan fingerprint density at radius 2 is 2.00 bits per heavy atom. The second-order valence-corrected chi connectivity index (χ2v) is 7.27. The maximum absolute atomic E-state index is 12.5. The van der Waals surface area contributed by atoms with E-state index in [9.17, 15) is 8.42 Å². The zero-order valence-corrected chi connectivity index (χ0v) is 13.2. The van der Waals surface area contributed by atoms with Crippen LogP contribution >= 0.6 is 0 Å². The van der Waals surface area contributed by atoms with Crippen molar-refractivity contribution in [3.63, 3.8) is 0 Å². The molecule has 1 aromatic carbocycles. The number of anilines is 1. The second kappa shape index (κ2) is 6.03. The lowest BCUT2D eigenvalue weighted by Crippen LogP contribution is -2.41. The van der Waals surface area contributed by atoms with Gasteiger partial charge in [-0.05, 0) is 37.3 Å². The van der Waals surface area contributed by atoms with Crippen LogP contribution in [-0.4, -0.2) is 31.6 Å². The Bertz CT molecular complexity index is 634. The number of rotatable bonds is 4. The predicted molar refractivity (Wildman–Crippen MR) is 84.7 cm³/mol. The standard InChI is InChI=1S/C14H22N4O2S/c1-10-6-8-18(9-7-10)21(19,20)17-12-5-3-4-11(2)13(12)14(15)16/h3-5,10,17H,6-9H2,1-2H3,(H3,15,16). The van der Waals surface area contributed by atoms with Crippen LogP contribution in [0.4, 0.5) is 5.69 Å². The number of nitrogen functional groups attached to an aromatic ring is 1. The summed E-state index contributed by atoms with van der Waals surface area (Å²) in [6, 6.07) is 5.18. The molecule has 1 aromatic rings. The summed E-state index contributed by atoms with van der Waals surface area (Å²) in [6.07, 6.45) is 1.74. The third-order valence-corrected chi connectivity index (χ3v) is 5.39. The van der Waals surface area contributed by atoms with E-state index in [0.717, 1.165) is 18.4 Å². The summed E-state index contributed by atoms with van der Waals surface area (Å²) in [7, 11) is -3.60. The molecule has 0 amide bonds. The highest BCUT2D eigenvalue weighted by atomic mass is 32.2. The molecule has 116 valence electrons. The SMILES string of the molecule is Cc1cccc(NS(=O)(=O)N2CCC(C)CC2)c1C(=N)N. The van der Waals surface area contributed by atoms with Gasteiger partial charge in [0, 0.05) is 18.7 Å². The van der Waals surface area contributed by atoms with Gasteiger partial charge in [-0.1, -0.05) is 19.1 Å². The first-order valence-corrected chi connectivity index (χ1v) is 8.47. The smallest absolute Gasteiger partial charge is 0.301 e. The molecule has 0 atom stereocenters. The number of hydrogen-bond donors (Lipinski definition) is 3. The third kappa shape index (κ3) is 3.54. The second-order valence-electron chi connectivity index (χ2n) is 5.60. The molecule has 0 radical (unpaired) electrons. The number of aryl methyl sites for hydroxylation is 1. The van der Waals surface area contributed by atoms with Crippen molar-refractivity contribution >= 4 is 21.7 Å². The van der Waals surface area contributed by atoms with E-state index in [0.29, 0.717) is 30.3 Å². The Labute approximate surface area is 126 Å². The first-order valence-electron chi connectivity index (χ1n) is 7.03. The molecule has 1 heterocycles. The Hall–Kier alpha value is -1.60. The van der Waals surface area contributed by atoms with Crippen molar-refractivity contribution < 1.29 is 8.42 Å². The summed E-state index contributed by atoms with van der Waals surface area (Å²) in [6.45, 7) is 4.98. The Balaban J connectivity index is 2.25. The minimum absolute atomic E-state index is 0.141. The topological polar surface area (TPSA) is 99.3 Å². The van der Waals surface area contributed by atoms with Gasteiger partial charge in [-0.2, -0.15) is 12.7 Å². The summed E-state index contributed by atoms with van der Waals surface area (Å²) in [5.41, 5.74) is 7.14. The summed E-state index contributed by atoms with van der Waals surface area (Å²) < 4.78 is 28.9. The summed E-state index contributed by atoms with van der Waals surface area (Å²) in [5.74, 6) is 0.418. The molecule has 1 aliphatic rings. The monoisotopic (exact) mass is 310 g/mol. The average Bonchev–Trinajstić information content (AvgIpc) is 2.38. The van der Waals surface area contributed by atoms with Gasteiger partial charge in [0.15, 0.2) is 0 Å². The van der Waals surface area contributed by atoms with Gasteiger partial charge in [-0.3, -0.25) is 10.1 Å². The largest absolute Gasteiger partial charge is 0.384 e. The lowest BCUT2D eigenvalue weighted by molar-refractivity contribution is 0.289.